The summed E-state index contributed by atoms with van der Waals surface area (Å²) in [7, 11) is 3.10. The molecule has 1 aromatic rings. The van der Waals surface area contributed by atoms with Crippen molar-refractivity contribution in [2.75, 3.05) is 20.8 Å². The number of hydrogen-bond acceptors (Lipinski definition) is 3. The molecule has 106 valence electrons. The molecular weight excluding hydrogens is 245 g/mol. The molecule has 1 aromatic carbocycles. The summed E-state index contributed by atoms with van der Waals surface area (Å²) in [6.45, 7) is 3.63. The minimum Gasteiger partial charge on any atom is -0.493 e. The molecule has 0 bridgehead atoms. The number of alkyl halides is 1. The summed E-state index contributed by atoms with van der Waals surface area (Å²) in [6, 6.07) is 3.80. The quantitative estimate of drug-likeness (QED) is 0.892. The first-order chi connectivity index (χ1) is 8.88. The predicted molar refractivity (Wildman–Crippen MR) is 73.6 cm³/mol. The zero-order chi connectivity index (χ0) is 14.3. The Morgan fingerprint density at radius 2 is 1.89 bits per heavy atom. The van der Waals surface area contributed by atoms with E-state index in [2.05, 4.69) is 0 Å². The third-order valence-corrected chi connectivity index (χ3v) is 3.98. The Bertz CT molecular complexity index is 476. The van der Waals surface area contributed by atoms with Crippen molar-refractivity contribution in [1.82, 2.24) is 0 Å². The molecule has 2 rings (SSSR count). The normalized spacial score (nSPS) is 17.2. The molecule has 0 amide bonds. The van der Waals surface area contributed by atoms with Crippen LogP contribution in [-0.2, 0) is 11.1 Å². The van der Waals surface area contributed by atoms with Crippen molar-refractivity contribution < 1.29 is 13.9 Å². The van der Waals surface area contributed by atoms with Crippen LogP contribution in [0.5, 0.6) is 11.5 Å². The van der Waals surface area contributed by atoms with Gasteiger partial charge in [-0.25, -0.2) is 4.39 Å². The van der Waals surface area contributed by atoms with Crippen LogP contribution in [0.1, 0.15) is 37.8 Å². The molecule has 3 nitrogen and oxygen atoms in total. The second kappa shape index (κ2) is 4.67. The van der Waals surface area contributed by atoms with Crippen molar-refractivity contribution in [3.05, 3.63) is 23.3 Å². The smallest absolute Gasteiger partial charge is 0.167 e. The van der Waals surface area contributed by atoms with Crippen molar-refractivity contribution in [2.45, 2.75) is 37.8 Å². The predicted octanol–water partition coefficient (Wildman–Crippen LogP) is 2.90. The third-order valence-electron chi connectivity index (χ3n) is 3.98. The summed E-state index contributed by atoms with van der Waals surface area (Å²) in [5, 5.41) is 0. The second-order valence-corrected chi connectivity index (χ2v) is 5.72. The van der Waals surface area contributed by atoms with E-state index in [1.165, 1.54) is 21.0 Å². The van der Waals surface area contributed by atoms with E-state index in [1.807, 2.05) is 12.1 Å². The second-order valence-electron chi connectivity index (χ2n) is 5.72. The van der Waals surface area contributed by atoms with Gasteiger partial charge in [0.05, 0.1) is 14.2 Å². The monoisotopic (exact) mass is 267 g/mol. The van der Waals surface area contributed by atoms with Crippen molar-refractivity contribution in [2.24, 2.45) is 5.73 Å². The highest BCUT2D eigenvalue weighted by atomic mass is 19.1. The van der Waals surface area contributed by atoms with Crippen molar-refractivity contribution in [3.63, 3.8) is 0 Å². The van der Waals surface area contributed by atoms with Crippen LogP contribution in [0.2, 0.25) is 0 Å². The van der Waals surface area contributed by atoms with Crippen LogP contribution in [0, 0.1) is 0 Å². The molecule has 4 heteroatoms. The maximum atomic E-state index is 14.4. The number of methoxy groups -OCH3 is 2. The van der Waals surface area contributed by atoms with Gasteiger partial charge < -0.3 is 15.2 Å². The van der Waals surface area contributed by atoms with Crippen LogP contribution in [-0.4, -0.2) is 20.8 Å². The van der Waals surface area contributed by atoms with Gasteiger partial charge in [0.1, 0.15) is 5.67 Å². The molecule has 0 unspecified atom stereocenters. The number of rotatable bonds is 5. The Labute approximate surface area is 113 Å². The number of ether oxygens (including phenoxy) is 2. The lowest BCUT2D eigenvalue weighted by atomic mass is 9.89. The van der Waals surface area contributed by atoms with Crippen LogP contribution < -0.4 is 15.2 Å². The first-order valence-electron chi connectivity index (χ1n) is 6.54. The Balaban J connectivity index is 2.60. The average Bonchev–Trinajstić information content (AvgIpc) is 3.17. The number of benzene rings is 1. The van der Waals surface area contributed by atoms with Gasteiger partial charge in [-0.3, -0.25) is 0 Å². The van der Waals surface area contributed by atoms with E-state index in [0.717, 1.165) is 18.4 Å². The molecule has 1 aliphatic rings. The largest absolute Gasteiger partial charge is 0.493 e. The lowest BCUT2D eigenvalue weighted by Crippen LogP contribution is -2.21. The minimum atomic E-state index is -1.49. The molecule has 1 fully saturated rings. The Morgan fingerprint density at radius 3 is 2.26 bits per heavy atom. The summed E-state index contributed by atoms with van der Waals surface area (Å²) >= 11 is 0. The SMILES string of the molecule is COc1cc(C2(CN)CC2)cc(C(C)(C)F)c1OC. The zero-order valence-electron chi connectivity index (χ0n) is 12.0. The molecule has 0 spiro atoms. The van der Waals surface area contributed by atoms with Gasteiger partial charge in [0.2, 0.25) is 0 Å². The first kappa shape index (κ1) is 14.1. The summed E-state index contributed by atoms with van der Waals surface area (Å²) in [5.74, 6) is 1.03. The molecule has 1 saturated carbocycles. The van der Waals surface area contributed by atoms with E-state index in [0.29, 0.717) is 23.6 Å². The van der Waals surface area contributed by atoms with Crippen LogP contribution in [0.4, 0.5) is 4.39 Å². The Morgan fingerprint density at radius 1 is 1.26 bits per heavy atom. The molecule has 0 atom stereocenters. The van der Waals surface area contributed by atoms with E-state index in [4.69, 9.17) is 15.2 Å². The summed E-state index contributed by atoms with van der Waals surface area (Å²) in [5.41, 5.74) is 5.94. The maximum Gasteiger partial charge on any atom is 0.167 e. The minimum absolute atomic E-state index is 0.000445. The third kappa shape index (κ3) is 2.41. The van der Waals surface area contributed by atoms with E-state index in [-0.39, 0.29) is 5.41 Å². The van der Waals surface area contributed by atoms with Crippen molar-refractivity contribution in [3.8, 4) is 11.5 Å². The molecule has 19 heavy (non-hydrogen) atoms. The zero-order valence-corrected chi connectivity index (χ0v) is 12.0. The highest BCUT2D eigenvalue weighted by Gasteiger charge is 2.44. The van der Waals surface area contributed by atoms with Gasteiger partial charge in [-0.15, -0.1) is 0 Å². The lowest BCUT2D eigenvalue weighted by molar-refractivity contribution is 0.211. The van der Waals surface area contributed by atoms with E-state index >= 15 is 0 Å². The fourth-order valence-corrected chi connectivity index (χ4v) is 2.47. The van der Waals surface area contributed by atoms with Gasteiger partial charge in [-0.05, 0) is 44.4 Å². The molecule has 1 aliphatic carbocycles. The highest BCUT2D eigenvalue weighted by molar-refractivity contribution is 5.54. The summed E-state index contributed by atoms with van der Waals surface area (Å²) in [4.78, 5) is 0. The summed E-state index contributed by atoms with van der Waals surface area (Å²) < 4.78 is 25.1. The number of halogens is 1. The van der Waals surface area contributed by atoms with Crippen LogP contribution >= 0.6 is 0 Å². The van der Waals surface area contributed by atoms with Crippen molar-refractivity contribution >= 4 is 0 Å². The fraction of sp³-hybridized carbons (Fsp3) is 0.600. The fourth-order valence-electron chi connectivity index (χ4n) is 2.47. The lowest BCUT2D eigenvalue weighted by Gasteiger charge is -2.24. The molecule has 2 N–H and O–H groups in total. The van der Waals surface area contributed by atoms with E-state index in [9.17, 15) is 4.39 Å². The van der Waals surface area contributed by atoms with Gasteiger partial charge in [0.15, 0.2) is 11.5 Å². The van der Waals surface area contributed by atoms with Gasteiger partial charge in [0.25, 0.3) is 0 Å². The Kier molecular flexibility index (Phi) is 3.47. The maximum absolute atomic E-state index is 14.4. The molecule has 0 aliphatic heterocycles. The molecule has 0 saturated heterocycles. The average molecular weight is 267 g/mol. The van der Waals surface area contributed by atoms with Crippen LogP contribution in [0.25, 0.3) is 0 Å². The molecule has 0 radical (unpaired) electrons. The number of hydrogen-bond donors (Lipinski definition) is 1. The standard InChI is InChI=1S/C15H22FNO2/c1-14(2,16)11-7-10(15(9-17)5-6-15)8-12(18-3)13(11)19-4/h7-8H,5-6,9,17H2,1-4H3. The van der Waals surface area contributed by atoms with Crippen molar-refractivity contribution in [1.29, 1.82) is 0 Å². The topological polar surface area (TPSA) is 44.5 Å². The molecular formula is C15H22FNO2. The first-order valence-corrected chi connectivity index (χ1v) is 6.54. The van der Waals surface area contributed by atoms with Crippen LogP contribution in [0.3, 0.4) is 0 Å². The van der Waals surface area contributed by atoms with Gasteiger partial charge in [-0.1, -0.05) is 0 Å². The highest BCUT2D eigenvalue weighted by Crippen LogP contribution is 2.51. The Hall–Kier alpha value is -1.29. The van der Waals surface area contributed by atoms with E-state index in [1.54, 1.807) is 7.11 Å². The van der Waals surface area contributed by atoms with Crippen LogP contribution in [0.15, 0.2) is 12.1 Å². The van der Waals surface area contributed by atoms with Gasteiger partial charge in [-0.2, -0.15) is 0 Å². The number of nitrogens with two attached hydrogens (primary N) is 1. The summed E-state index contributed by atoms with van der Waals surface area (Å²) in [6.07, 6.45) is 2.09. The van der Waals surface area contributed by atoms with Gasteiger partial charge >= 0.3 is 0 Å². The molecule has 0 heterocycles. The molecule has 0 aromatic heterocycles. The van der Waals surface area contributed by atoms with E-state index < -0.39 is 5.67 Å². The van der Waals surface area contributed by atoms with Gasteiger partial charge in [0, 0.05) is 17.5 Å².